The van der Waals surface area contributed by atoms with Crippen LogP contribution in [0.15, 0.2) is 54.7 Å². The molecule has 1 aromatic heterocycles. The number of nitrogens with one attached hydrogen (secondary N) is 3. The molecule has 0 bridgehead atoms. The maximum absolute atomic E-state index is 6.52. The molecule has 1 heterocycles. The molecule has 0 aliphatic rings. The van der Waals surface area contributed by atoms with E-state index in [9.17, 15) is 0 Å². The Bertz CT molecular complexity index is 911. The third-order valence-corrected chi connectivity index (χ3v) is 5.14. The van der Waals surface area contributed by atoms with Crippen LogP contribution < -0.4 is 10.6 Å². The van der Waals surface area contributed by atoms with Crippen LogP contribution >= 0.6 is 23.8 Å². The largest absolute Gasteiger partial charge is 0.383 e. The van der Waals surface area contributed by atoms with Crippen LogP contribution in [0, 0.1) is 0 Å². The summed E-state index contributed by atoms with van der Waals surface area (Å²) in [5.74, 6) is 0.0623. The number of rotatable bonds is 7. The second kappa shape index (κ2) is 9.22. The fraction of sp³-hybridized carbons (Fsp3) is 0.286. The molecule has 0 radical (unpaired) electrons. The fourth-order valence-corrected chi connectivity index (χ4v) is 3.84. The van der Waals surface area contributed by atoms with Crippen LogP contribution in [0.5, 0.6) is 0 Å². The van der Waals surface area contributed by atoms with Crippen molar-refractivity contribution in [3.05, 3.63) is 70.9 Å². The Balaban J connectivity index is 1.85. The van der Waals surface area contributed by atoms with E-state index in [-0.39, 0.29) is 12.0 Å². The number of halogens is 1. The van der Waals surface area contributed by atoms with Gasteiger partial charge < -0.3 is 20.4 Å². The summed E-state index contributed by atoms with van der Waals surface area (Å²) in [6, 6.07) is 16.4. The normalized spacial score (nSPS) is 13.3. The Morgan fingerprint density at radius 2 is 1.89 bits per heavy atom. The minimum atomic E-state index is 0.0623. The van der Waals surface area contributed by atoms with Crippen molar-refractivity contribution in [1.82, 2.24) is 15.6 Å². The van der Waals surface area contributed by atoms with Crippen molar-refractivity contribution in [3.63, 3.8) is 0 Å². The molecule has 142 valence electrons. The molecule has 0 saturated heterocycles. The molecule has 0 amide bonds. The predicted molar refractivity (Wildman–Crippen MR) is 117 cm³/mol. The number of ether oxygens (including phenoxy) is 1. The van der Waals surface area contributed by atoms with Gasteiger partial charge in [0.2, 0.25) is 0 Å². The molecule has 4 nitrogen and oxygen atoms in total. The Morgan fingerprint density at radius 1 is 1.15 bits per heavy atom. The summed E-state index contributed by atoms with van der Waals surface area (Å²) in [7, 11) is 1.68. The number of aromatic amines is 1. The third kappa shape index (κ3) is 4.80. The van der Waals surface area contributed by atoms with Gasteiger partial charge in [0.05, 0.1) is 6.61 Å². The van der Waals surface area contributed by atoms with Crippen LogP contribution in [0.25, 0.3) is 10.9 Å². The van der Waals surface area contributed by atoms with Gasteiger partial charge in [-0.3, -0.25) is 0 Å². The SMILES string of the molecule is COC[C@@H](C)NC(=S)NC[C@H](c1ccccc1Cl)c1c[nH]c2ccccc12. The first kappa shape index (κ1) is 19.7. The van der Waals surface area contributed by atoms with E-state index in [4.69, 9.17) is 28.6 Å². The van der Waals surface area contributed by atoms with Gasteiger partial charge >= 0.3 is 0 Å². The zero-order chi connectivity index (χ0) is 19.2. The first-order valence-corrected chi connectivity index (χ1v) is 9.72. The molecule has 0 unspecified atom stereocenters. The monoisotopic (exact) mass is 401 g/mol. The Hall–Kier alpha value is -2.08. The van der Waals surface area contributed by atoms with Gasteiger partial charge in [0, 0.05) is 47.7 Å². The fourth-order valence-electron chi connectivity index (χ4n) is 3.29. The lowest BCUT2D eigenvalue weighted by atomic mass is 9.91. The smallest absolute Gasteiger partial charge is 0.166 e. The first-order chi connectivity index (χ1) is 13.1. The molecule has 27 heavy (non-hydrogen) atoms. The molecule has 2 aromatic carbocycles. The summed E-state index contributed by atoms with van der Waals surface area (Å²) in [6.07, 6.45) is 2.06. The number of thiocarbonyl (C=S) groups is 1. The minimum absolute atomic E-state index is 0.0623. The molecule has 0 saturated carbocycles. The van der Waals surface area contributed by atoms with Gasteiger partial charge in [-0.2, -0.15) is 0 Å². The van der Waals surface area contributed by atoms with E-state index in [0.717, 1.165) is 16.1 Å². The highest BCUT2D eigenvalue weighted by Gasteiger charge is 2.20. The van der Waals surface area contributed by atoms with Crippen LogP contribution in [-0.2, 0) is 4.74 Å². The number of aromatic nitrogens is 1. The molecule has 0 spiro atoms. The third-order valence-electron chi connectivity index (χ3n) is 4.54. The summed E-state index contributed by atoms with van der Waals surface area (Å²) in [4.78, 5) is 3.36. The lowest BCUT2D eigenvalue weighted by Gasteiger charge is -2.22. The molecule has 0 aliphatic heterocycles. The maximum atomic E-state index is 6.52. The highest BCUT2D eigenvalue weighted by Crippen LogP contribution is 2.33. The second-order valence-corrected chi connectivity index (χ2v) is 7.39. The van der Waals surface area contributed by atoms with Gasteiger partial charge in [-0.05, 0) is 42.4 Å². The van der Waals surface area contributed by atoms with E-state index in [1.54, 1.807) is 7.11 Å². The Labute approximate surface area is 170 Å². The number of fused-ring (bicyclic) bond motifs is 1. The lowest BCUT2D eigenvalue weighted by molar-refractivity contribution is 0.179. The summed E-state index contributed by atoms with van der Waals surface area (Å²) >= 11 is 12.0. The number of para-hydroxylation sites is 1. The highest BCUT2D eigenvalue weighted by atomic mass is 35.5. The van der Waals surface area contributed by atoms with Crippen molar-refractivity contribution >= 4 is 39.8 Å². The quantitative estimate of drug-likeness (QED) is 0.512. The van der Waals surface area contributed by atoms with E-state index >= 15 is 0 Å². The molecule has 0 fully saturated rings. The van der Waals surface area contributed by atoms with Crippen LogP contribution in [-0.4, -0.2) is 36.4 Å². The predicted octanol–water partition coefficient (Wildman–Crippen LogP) is 4.45. The van der Waals surface area contributed by atoms with Crippen LogP contribution in [0.2, 0.25) is 5.02 Å². The van der Waals surface area contributed by atoms with Gasteiger partial charge in [0.15, 0.2) is 5.11 Å². The summed E-state index contributed by atoms with van der Waals surface area (Å²) in [5.41, 5.74) is 3.38. The Morgan fingerprint density at radius 3 is 2.67 bits per heavy atom. The number of hydrogen-bond acceptors (Lipinski definition) is 2. The van der Waals surface area contributed by atoms with Gasteiger partial charge in [0.1, 0.15) is 0 Å². The van der Waals surface area contributed by atoms with Crippen molar-refractivity contribution in [2.24, 2.45) is 0 Å². The molecule has 3 rings (SSSR count). The number of benzene rings is 2. The molecular formula is C21H24ClN3OS. The topological polar surface area (TPSA) is 49.1 Å². The molecular weight excluding hydrogens is 378 g/mol. The second-order valence-electron chi connectivity index (χ2n) is 6.57. The van der Waals surface area contributed by atoms with Gasteiger partial charge in [-0.1, -0.05) is 48.0 Å². The van der Waals surface area contributed by atoms with Crippen LogP contribution in [0.4, 0.5) is 0 Å². The van der Waals surface area contributed by atoms with Crippen LogP contribution in [0.1, 0.15) is 24.0 Å². The van der Waals surface area contributed by atoms with Crippen molar-refractivity contribution in [1.29, 1.82) is 0 Å². The zero-order valence-corrected chi connectivity index (χ0v) is 17.0. The van der Waals surface area contributed by atoms with Crippen LogP contribution in [0.3, 0.4) is 0 Å². The standard InChI is InChI=1S/C21H24ClN3OS/c1-14(13-26-2)25-21(27)24-12-17(15-7-3-5-9-19(15)22)18-11-23-20-10-6-4-8-16(18)20/h3-11,14,17,23H,12-13H2,1-2H3,(H2,24,25,27)/t14-,17-/m1/s1. The highest BCUT2D eigenvalue weighted by molar-refractivity contribution is 7.80. The maximum Gasteiger partial charge on any atom is 0.166 e. The van der Waals surface area contributed by atoms with Crippen molar-refractivity contribution in [2.75, 3.05) is 20.3 Å². The summed E-state index contributed by atoms with van der Waals surface area (Å²) in [6.45, 7) is 3.26. The van der Waals surface area contributed by atoms with Gasteiger partial charge in [-0.25, -0.2) is 0 Å². The van der Waals surface area contributed by atoms with E-state index in [1.807, 2.05) is 31.2 Å². The number of hydrogen-bond donors (Lipinski definition) is 3. The number of H-pyrrole nitrogens is 1. The first-order valence-electron chi connectivity index (χ1n) is 8.94. The molecule has 2 atom stereocenters. The van der Waals surface area contributed by atoms with E-state index in [1.165, 1.54) is 10.9 Å². The summed E-state index contributed by atoms with van der Waals surface area (Å²) in [5, 5.41) is 9.13. The van der Waals surface area contributed by atoms with Gasteiger partial charge in [0.25, 0.3) is 0 Å². The van der Waals surface area contributed by atoms with E-state index in [2.05, 4.69) is 46.1 Å². The molecule has 6 heteroatoms. The zero-order valence-electron chi connectivity index (χ0n) is 15.5. The van der Waals surface area contributed by atoms with Crippen molar-refractivity contribution in [2.45, 2.75) is 18.9 Å². The van der Waals surface area contributed by atoms with Crippen molar-refractivity contribution < 1.29 is 4.74 Å². The van der Waals surface area contributed by atoms with E-state index in [0.29, 0.717) is 18.3 Å². The number of methoxy groups -OCH3 is 1. The molecule has 3 N–H and O–H groups in total. The van der Waals surface area contributed by atoms with E-state index < -0.39 is 0 Å². The van der Waals surface area contributed by atoms with Gasteiger partial charge in [-0.15, -0.1) is 0 Å². The lowest BCUT2D eigenvalue weighted by Crippen LogP contribution is -2.43. The average molecular weight is 402 g/mol. The average Bonchev–Trinajstić information content (AvgIpc) is 3.07. The minimum Gasteiger partial charge on any atom is -0.383 e. The summed E-state index contributed by atoms with van der Waals surface area (Å²) < 4.78 is 5.15. The molecule has 0 aliphatic carbocycles. The molecule has 3 aromatic rings. The van der Waals surface area contributed by atoms with Crippen molar-refractivity contribution in [3.8, 4) is 0 Å². The Kier molecular flexibility index (Phi) is 6.72.